The van der Waals surface area contributed by atoms with Crippen molar-refractivity contribution >= 4 is 11.9 Å². The number of hydrogen-bond acceptors (Lipinski definition) is 3. The van der Waals surface area contributed by atoms with Gasteiger partial charge in [-0.3, -0.25) is 4.79 Å². The number of rotatable bonds is 3. The summed E-state index contributed by atoms with van der Waals surface area (Å²) in [7, 11) is 0. The number of carbonyl (C=O) groups excluding carboxylic acids is 1. The Morgan fingerprint density at radius 2 is 2.05 bits per heavy atom. The molecule has 0 aromatic carbocycles. The number of furan rings is 1. The molecule has 5 nitrogen and oxygen atoms in total. The second-order valence-electron chi connectivity index (χ2n) is 5.41. The maximum Gasteiger partial charge on any atom is 0.339 e. The molecule has 1 saturated carbocycles. The molecule has 5 heteroatoms. The van der Waals surface area contributed by atoms with Gasteiger partial charge in [0, 0.05) is 6.04 Å². The molecule has 0 radical (unpaired) electrons. The number of carboxylic acid groups (broad SMARTS) is 1. The third-order valence-electron chi connectivity index (χ3n) is 4.04. The normalized spacial score (nSPS) is 26.9. The van der Waals surface area contributed by atoms with Crippen LogP contribution in [0, 0.1) is 11.8 Å². The van der Waals surface area contributed by atoms with Crippen LogP contribution in [0.2, 0.25) is 0 Å². The molecule has 3 atom stereocenters. The summed E-state index contributed by atoms with van der Waals surface area (Å²) in [5.74, 6) is -0.460. The lowest BCUT2D eigenvalue weighted by Crippen LogP contribution is -2.40. The summed E-state index contributed by atoms with van der Waals surface area (Å²) in [6, 6.07) is 1.40. The first-order valence-corrected chi connectivity index (χ1v) is 6.60. The van der Waals surface area contributed by atoms with Crippen LogP contribution >= 0.6 is 0 Å². The van der Waals surface area contributed by atoms with Crippen LogP contribution in [0.5, 0.6) is 0 Å². The van der Waals surface area contributed by atoms with Gasteiger partial charge in [-0.15, -0.1) is 0 Å². The van der Waals surface area contributed by atoms with Crippen molar-refractivity contribution in [3.8, 4) is 0 Å². The monoisotopic (exact) mass is 265 g/mol. The molecule has 19 heavy (non-hydrogen) atoms. The van der Waals surface area contributed by atoms with Crippen molar-refractivity contribution in [1.29, 1.82) is 0 Å². The van der Waals surface area contributed by atoms with Crippen molar-refractivity contribution in [3.05, 3.63) is 23.7 Å². The zero-order valence-electron chi connectivity index (χ0n) is 11.2. The third-order valence-corrected chi connectivity index (χ3v) is 4.04. The quantitative estimate of drug-likeness (QED) is 0.880. The van der Waals surface area contributed by atoms with Gasteiger partial charge >= 0.3 is 5.97 Å². The molecular weight excluding hydrogens is 246 g/mol. The molecule has 104 valence electrons. The average Bonchev–Trinajstić information content (AvgIpc) is 2.83. The molecule has 1 heterocycles. The highest BCUT2D eigenvalue weighted by Gasteiger charge is 2.28. The fourth-order valence-electron chi connectivity index (χ4n) is 2.58. The van der Waals surface area contributed by atoms with Gasteiger partial charge in [0.2, 0.25) is 5.76 Å². The first kappa shape index (κ1) is 13.6. The van der Waals surface area contributed by atoms with E-state index < -0.39 is 11.9 Å². The summed E-state index contributed by atoms with van der Waals surface area (Å²) >= 11 is 0. The minimum Gasteiger partial charge on any atom is -0.478 e. The molecule has 0 bridgehead atoms. The van der Waals surface area contributed by atoms with E-state index in [1.165, 1.54) is 12.3 Å². The van der Waals surface area contributed by atoms with E-state index in [-0.39, 0.29) is 17.4 Å². The van der Waals surface area contributed by atoms with E-state index in [2.05, 4.69) is 19.2 Å². The number of hydrogen-bond donors (Lipinski definition) is 2. The zero-order chi connectivity index (χ0) is 14.0. The molecule has 1 aromatic heterocycles. The second kappa shape index (κ2) is 5.47. The summed E-state index contributed by atoms with van der Waals surface area (Å²) < 4.78 is 4.98. The fraction of sp³-hybridized carbons (Fsp3) is 0.571. The highest BCUT2D eigenvalue weighted by atomic mass is 16.4. The number of amides is 1. The van der Waals surface area contributed by atoms with Crippen LogP contribution < -0.4 is 5.32 Å². The lowest BCUT2D eigenvalue weighted by atomic mass is 9.79. The van der Waals surface area contributed by atoms with E-state index in [0.29, 0.717) is 11.8 Å². The lowest BCUT2D eigenvalue weighted by molar-refractivity contribution is 0.0686. The summed E-state index contributed by atoms with van der Waals surface area (Å²) in [5.41, 5.74) is -0.0882. The van der Waals surface area contributed by atoms with Gasteiger partial charge in [0.15, 0.2) is 0 Å². The Kier molecular flexibility index (Phi) is 3.93. The van der Waals surface area contributed by atoms with Gasteiger partial charge in [-0.05, 0) is 37.2 Å². The number of carboxylic acids is 1. The van der Waals surface area contributed by atoms with Crippen molar-refractivity contribution in [3.63, 3.8) is 0 Å². The predicted molar refractivity (Wildman–Crippen MR) is 69.1 cm³/mol. The first-order chi connectivity index (χ1) is 8.99. The standard InChI is InChI=1S/C14H19NO4/c1-8-3-4-10(7-9(8)2)15-13(16)12-11(14(17)18)5-6-19-12/h5-6,8-10H,3-4,7H2,1-2H3,(H,15,16)(H,17,18). The van der Waals surface area contributed by atoms with E-state index in [4.69, 9.17) is 9.52 Å². The second-order valence-corrected chi connectivity index (χ2v) is 5.41. The van der Waals surface area contributed by atoms with E-state index in [1.807, 2.05) is 0 Å². The first-order valence-electron chi connectivity index (χ1n) is 6.60. The molecule has 0 spiro atoms. The van der Waals surface area contributed by atoms with Crippen LogP contribution in [0.3, 0.4) is 0 Å². The van der Waals surface area contributed by atoms with Gasteiger partial charge in [-0.25, -0.2) is 4.79 Å². The summed E-state index contributed by atoms with van der Waals surface area (Å²) in [6.07, 6.45) is 4.16. The van der Waals surface area contributed by atoms with E-state index in [1.54, 1.807) is 0 Å². The van der Waals surface area contributed by atoms with Crippen LogP contribution in [-0.2, 0) is 0 Å². The van der Waals surface area contributed by atoms with Crippen LogP contribution in [0.25, 0.3) is 0 Å². The smallest absolute Gasteiger partial charge is 0.339 e. The lowest BCUT2D eigenvalue weighted by Gasteiger charge is -2.32. The molecule has 3 unspecified atom stereocenters. The van der Waals surface area contributed by atoms with Crippen molar-refractivity contribution in [2.75, 3.05) is 0 Å². The van der Waals surface area contributed by atoms with Crippen LogP contribution in [0.1, 0.15) is 54.0 Å². The molecule has 1 amide bonds. The molecule has 1 fully saturated rings. The molecule has 2 rings (SSSR count). The molecule has 1 aromatic rings. The molecule has 0 saturated heterocycles. The van der Waals surface area contributed by atoms with Gasteiger partial charge in [0.05, 0.1) is 6.26 Å². The minimum atomic E-state index is -1.15. The van der Waals surface area contributed by atoms with Crippen molar-refractivity contribution in [2.24, 2.45) is 11.8 Å². The summed E-state index contributed by atoms with van der Waals surface area (Å²) in [6.45, 7) is 4.40. The third kappa shape index (κ3) is 2.97. The SMILES string of the molecule is CC1CCC(NC(=O)c2occc2C(=O)O)CC1C. The van der Waals surface area contributed by atoms with Gasteiger partial charge in [0.1, 0.15) is 5.56 Å². The number of carbonyl (C=O) groups is 2. The molecular formula is C14H19NO4. The van der Waals surface area contributed by atoms with Crippen LogP contribution in [0.4, 0.5) is 0 Å². The highest BCUT2D eigenvalue weighted by molar-refractivity contribution is 6.02. The topological polar surface area (TPSA) is 79.5 Å². The number of aromatic carboxylic acids is 1. The van der Waals surface area contributed by atoms with Crippen LogP contribution in [0.15, 0.2) is 16.7 Å². The van der Waals surface area contributed by atoms with Gasteiger partial charge < -0.3 is 14.8 Å². The largest absolute Gasteiger partial charge is 0.478 e. The summed E-state index contributed by atoms with van der Waals surface area (Å²) in [4.78, 5) is 23.0. The van der Waals surface area contributed by atoms with Crippen LogP contribution in [-0.4, -0.2) is 23.0 Å². The van der Waals surface area contributed by atoms with Gasteiger partial charge in [0.25, 0.3) is 5.91 Å². The Morgan fingerprint density at radius 1 is 1.32 bits per heavy atom. The number of nitrogens with one attached hydrogen (secondary N) is 1. The highest BCUT2D eigenvalue weighted by Crippen LogP contribution is 2.29. The van der Waals surface area contributed by atoms with Crippen molar-refractivity contribution in [1.82, 2.24) is 5.32 Å². The molecule has 1 aliphatic carbocycles. The Labute approximate surface area is 112 Å². The molecule has 1 aliphatic rings. The van der Waals surface area contributed by atoms with Gasteiger partial charge in [-0.1, -0.05) is 13.8 Å². The van der Waals surface area contributed by atoms with E-state index in [9.17, 15) is 9.59 Å². The maximum absolute atomic E-state index is 12.0. The minimum absolute atomic E-state index is 0.0882. The Bertz CT molecular complexity index is 480. The molecule has 0 aliphatic heterocycles. The van der Waals surface area contributed by atoms with E-state index >= 15 is 0 Å². The maximum atomic E-state index is 12.0. The molecule has 2 N–H and O–H groups in total. The van der Waals surface area contributed by atoms with Crippen molar-refractivity contribution < 1.29 is 19.1 Å². The van der Waals surface area contributed by atoms with Gasteiger partial charge in [-0.2, -0.15) is 0 Å². The Balaban J connectivity index is 2.01. The van der Waals surface area contributed by atoms with E-state index in [0.717, 1.165) is 19.3 Å². The fourth-order valence-corrected chi connectivity index (χ4v) is 2.58. The zero-order valence-corrected chi connectivity index (χ0v) is 11.2. The summed E-state index contributed by atoms with van der Waals surface area (Å²) in [5, 5.41) is 11.8. The van der Waals surface area contributed by atoms with Crippen molar-refractivity contribution in [2.45, 2.75) is 39.2 Å². The Hall–Kier alpha value is -1.78. The Morgan fingerprint density at radius 3 is 2.68 bits per heavy atom. The average molecular weight is 265 g/mol. The predicted octanol–water partition coefficient (Wildman–Crippen LogP) is 2.53.